The summed E-state index contributed by atoms with van der Waals surface area (Å²) in [5, 5.41) is 3.18. The highest BCUT2D eigenvalue weighted by Gasteiger charge is 2.38. The minimum atomic E-state index is -3.46. The summed E-state index contributed by atoms with van der Waals surface area (Å²) in [5.74, 6) is 0.753. The fourth-order valence-electron chi connectivity index (χ4n) is 4.53. The maximum atomic E-state index is 12.9. The lowest BCUT2D eigenvalue weighted by Gasteiger charge is -2.41. The Morgan fingerprint density at radius 3 is 2.52 bits per heavy atom. The lowest BCUT2D eigenvalue weighted by Crippen LogP contribution is -2.44. The predicted octanol–water partition coefficient (Wildman–Crippen LogP) is 5.05. The number of anilines is 1. The van der Waals surface area contributed by atoms with Crippen LogP contribution in [0, 0.1) is 13.8 Å². The highest BCUT2D eigenvalue weighted by molar-refractivity contribution is 7.92. The van der Waals surface area contributed by atoms with Crippen molar-refractivity contribution >= 4 is 21.6 Å². The third kappa shape index (κ3) is 5.88. The highest BCUT2D eigenvalue weighted by atomic mass is 32.2. The monoisotopic (exact) mass is 472 g/mol. The summed E-state index contributed by atoms with van der Waals surface area (Å²) in [6.07, 6.45) is 4.35. The van der Waals surface area contributed by atoms with Crippen LogP contribution in [0.15, 0.2) is 42.5 Å². The van der Waals surface area contributed by atoms with Crippen molar-refractivity contribution in [2.75, 3.05) is 17.1 Å². The first-order valence-electron chi connectivity index (χ1n) is 11.7. The van der Waals surface area contributed by atoms with E-state index in [1.54, 1.807) is 0 Å². The van der Waals surface area contributed by atoms with Crippen molar-refractivity contribution in [1.82, 2.24) is 5.32 Å². The number of fused-ring (bicyclic) bond motifs is 1. The Hall–Kier alpha value is -2.54. The number of amides is 1. The molecule has 0 spiro atoms. The summed E-state index contributed by atoms with van der Waals surface area (Å²) in [7, 11) is -3.46. The quantitative estimate of drug-likeness (QED) is 0.554. The third-order valence-corrected chi connectivity index (χ3v) is 7.80. The lowest BCUT2D eigenvalue weighted by molar-refractivity contribution is -0.122. The number of hydrogen-bond donors (Lipinski definition) is 1. The number of carbonyl (C=O) groups excluding carboxylic acids is 1. The number of para-hydroxylation sites is 1. The van der Waals surface area contributed by atoms with Crippen molar-refractivity contribution in [3.8, 4) is 5.75 Å². The Morgan fingerprint density at radius 1 is 1.15 bits per heavy atom. The van der Waals surface area contributed by atoms with Crippen molar-refractivity contribution in [2.24, 2.45) is 0 Å². The molecule has 0 unspecified atom stereocenters. The number of carbonyl (C=O) groups is 1. The second-order valence-electron chi connectivity index (χ2n) is 9.08. The standard InChI is InChI=1S/C26H36N2O4S/c1-6-26(7-2)18-22(21-11-8-9-12-24(21)32-26)27-25(29)13-10-16-28(33(5,30)31)23-17-19(3)14-15-20(23)4/h8-9,11-12,14-15,17,22H,6-7,10,13,16,18H2,1-5H3,(H,27,29)/t22-/m0/s1. The van der Waals surface area contributed by atoms with Gasteiger partial charge in [-0.2, -0.15) is 0 Å². The first kappa shape index (κ1) is 25.1. The van der Waals surface area contributed by atoms with Gasteiger partial charge in [0.25, 0.3) is 0 Å². The van der Waals surface area contributed by atoms with Gasteiger partial charge < -0.3 is 10.1 Å². The van der Waals surface area contributed by atoms with Crippen LogP contribution in [0.1, 0.15) is 68.7 Å². The molecule has 1 heterocycles. The number of aryl methyl sites for hydroxylation is 2. The smallest absolute Gasteiger partial charge is 0.232 e. The Kier molecular flexibility index (Phi) is 7.73. The van der Waals surface area contributed by atoms with Gasteiger partial charge in [-0.25, -0.2) is 8.42 Å². The van der Waals surface area contributed by atoms with E-state index < -0.39 is 10.0 Å². The van der Waals surface area contributed by atoms with Gasteiger partial charge in [-0.1, -0.05) is 44.2 Å². The van der Waals surface area contributed by atoms with Crippen LogP contribution < -0.4 is 14.4 Å². The van der Waals surface area contributed by atoms with Gasteiger partial charge in [-0.05, 0) is 56.4 Å². The van der Waals surface area contributed by atoms with Crippen LogP contribution in [0.5, 0.6) is 5.75 Å². The Labute approximate surface area is 198 Å². The molecule has 0 aliphatic carbocycles. The van der Waals surface area contributed by atoms with E-state index in [0.29, 0.717) is 12.1 Å². The van der Waals surface area contributed by atoms with E-state index in [0.717, 1.165) is 41.7 Å². The van der Waals surface area contributed by atoms with Crippen LogP contribution in [0.25, 0.3) is 0 Å². The summed E-state index contributed by atoms with van der Waals surface area (Å²) in [5.41, 5.74) is 3.27. The molecule has 6 nitrogen and oxygen atoms in total. The minimum absolute atomic E-state index is 0.0766. The summed E-state index contributed by atoms with van der Waals surface area (Å²) in [6.45, 7) is 8.33. The average molecular weight is 473 g/mol. The summed E-state index contributed by atoms with van der Waals surface area (Å²) < 4.78 is 32.7. The van der Waals surface area contributed by atoms with E-state index in [1.165, 1.54) is 10.6 Å². The molecule has 1 atom stereocenters. The highest BCUT2D eigenvalue weighted by Crippen LogP contribution is 2.42. The van der Waals surface area contributed by atoms with E-state index in [4.69, 9.17) is 4.74 Å². The molecule has 3 rings (SSSR count). The molecule has 1 aliphatic heterocycles. The fraction of sp³-hybridized carbons (Fsp3) is 0.500. The zero-order valence-corrected chi connectivity index (χ0v) is 21.2. The van der Waals surface area contributed by atoms with Crippen molar-refractivity contribution in [3.05, 3.63) is 59.2 Å². The molecule has 0 fully saturated rings. The zero-order valence-electron chi connectivity index (χ0n) is 20.3. The molecule has 2 aromatic carbocycles. The molecule has 0 bridgehead atoms. The second kappa shape index (κ2) is 10.2. The number of benzene rings is 2. The minimum Gasteiger partial charge on any atom is -0.487 e. The van der Waals surface area contributed by atoms with E-state index >= 15 is 0 Å². The molecule has 2 aromatic rings. The van der Waals surface area contributed by atoms with Gasteiger partial charge in [0.2, 0.25) is 15.9 Å². The number of sulfonamides is 1. The number of nitrogens with one attached hydrogen (secondary N) is 1. The molecule has 0 saturated carbocycles. The van der Waals surface area contributed by atoms with E-state index in [-0.39, 0.29) is 30.5 Å². The first-order chi connectivity index (χ1) is 15.6. The van der Waals surface area contributed by atoms with Crippen LogP contribution in [-0.4, -0.2) is 32.7 Å². The lowest BCUT2D eigenvalue weighted by atomic mass is 9.83. The second-order valence-corrected chi connectivity index (χ2v) is 11.0. The molecule has 1 N–H and O–H groups in total. The topological polar surface area (TPSA) is 75.7 Å². The van der Waals surface area contributed by atoms with Crippen LogP contribution in [0.4, 0.5) is 5.69 Å². The first-order valence-corrected chi connectivity index (χ1v) is 13.6. The van der Waals surface area contributed by atoms with Crippen molar-refractivity contribution < 1.29 is 17.9 Å². The van der Waals surface area contributed by atoms with E-state index in [1.807, 2.05) is 56.3 Å². The number of ether oxygens (including phenoxy) is 1. The third-order valence-electron chi connectivity index (χ3n) is 6.62. The maximum absolute atomic E-state index is 12.9. The molecular formula is C26H36N2O4S. The summed E-state index contributed by atoms with van der Waals surface area (Å²) in [4.78, 5) is 12.9. The van der Waals surface area contributed by atoms with Gasteiger partial charge in [0.15, 0.2) is 0 Å². The largest absolute Gasteiger partial charge is 0.487 e. The molecule has 33 heavy (non-hydrogen) atoms. The fourth-order valence-corrected chi connectivity index (χ4v) is 5.55. The Balaban J connectivity index is 1.69. The summed E-state index contributed by atoms with van der Waals surface area (Å²) in [6, 6.07) is 13.5. The van der Waals surface area contributed by atoms with Crippen molar-refractivity contribution in [1.29, 1.82) is 0 Å². The number of rotatable bonds is 9. The van der Waals surface area contributed by atoms with Gasteiger partial charge in [-0.15, -0.1) is 0 Å². The number of hydrogen-bond acceptors (Lipinski definition) is 4. The SMILES string of the molecule is CCC1(CC)C[C@H](NC(=O)CCCN(c2cc(C)ccc2C)S(C)(=O)=O)c2ccccc2O1. The Morgan fingerprint density at radius 2 is 1.85 bits per heavy atom. The molecule has 1 aliphatic rings. The van der Waals surface area contributed by atoms with Crippen molar-refractivity contribution in [3.63, 3.8) is 0 Å². The molecule has 180 valence electrons. The van der Waals surface area contributed by atoms with E-state index in [2.05, 4.69) is 19.2 Å². The predicted molar refractivity (Wildman–Crippen MR) is 133 cm³/mol. The molecule has 0 aromatic heterocycles. The average Bonchev–Trinajstić information content (AvgIpc) is 2.77. The number of nitrogens with zero attached hydrogens (tertiary/aromatic N) is 1. The normalized spacial score (nSPS) is 17.1. The van der Waals surface area contributed by atoms with Gasteiger partial charge in [0.05, 0.1) is 18.0 Å². The molecule has 0 radical (unpaired) electrons. The van der Waals surface area contributed by atoms with Gasteiger partial charge in [-0.3, -0.25) is 9.10 Å². The van der Waals surface area contributed by atoms with Gasteiger partial charge in [0.1, 0.15) is 11.4 Å². The zero-order chi connectivity index (χ0) is 24.2. The van der Waals surface area contributed by atoms with Gasteiger partial charge in [0, 0.05) is 24.9 Å². The van der Waals surface area contributed by atoms with Crippen LogP contribution in [0.3, 0.4) is 0 Å². The Bertz CT molecular complexity index is 1090. The van der Waals surface area contributed by atoms with Crippen LogP contribution >= 0.6 is 0 Å². The van der Waals surface area contributed by atoms with Crippen LogP contribution in [-0.2, 0) is 14.8 Å². The molecular weight excluding hydrogens is 436 g/mol. The molecule has 7 heteroatoms. The van der Waals surface area contributed by atoms with Crippen LogP contribution in [0.2, 0.25) is 0 Å². The molecule has 0 saturated heterocycles. The molecule has 1 amide bonds. The maximum Gasteiger partial charge on any atom is 0.232 e. The van der Waals surface area contributed by atoms with Crippen molar-refractivity contribution in [2.45, 2.75) is 71.4 Å². The van der Waals surface area contributed by atoms with Gasteiger partial charge >= 0.3 is 0 Å². The summed E-state index contributed by atoms with van der Waals surface area (Å²) >= 11 is 0. The van der Waals surface area contributed by atoms with E-state index in [9.17, 15) is 13.2 Å².